The lowest BCUT2D eigenvalue weighted by molar-refractivity contribution is -0.147. The molecule has 0 saturated carbocycles. The van der Waals surface area contributed by atoms with E-state index in [2.05, 4.69) is 5.32 Å². The van der Waals surface area contributed by atoms with Crippen molar-refractivity contribution >= 4 is 11.9 Å². The SMILES string of the molecule is COC(C(=O)N[C@H](C(=O)O)[C@@H](C)O)c1ccccc1. The van der Waals surface area contributed by atoms with Crippen LogP contribution in [0.25, 0.3) is 0 Å². The maximum absolute atomic E-state index is 12.0. The molecule has 6 nitrogen and oxygen atoms in total. The molecule has 6 heteroatoms. The number of amides is 1. The maximum Gasteiger partial charge on any atom is 0.328 e. The van der Waals surface area contributed by atoms with Crippen LogP contribution in [0.15, 0.2) is 30.3 Å². The van der Waals surface area contributed by atoms with E-state index in [1.54, 1.807) is 30.3 Å². The molecule has 0 fully saturated rings. The topological polar surface area (TPSA) is 95.9 Å². The lowest BCUT2D eigenvalue weighted by atomic mass is 10.1. The average Bonchev–Trinajstić information content (AvgIpc) is 2.37. The van der Waals surface area contributed by atoms with Gasteiger partial charge >= 0.3 is 5.97 Å². The fourth-order valence-corrected chi connectivity index (χ4v) is 1.64. The molecule has 1 amide bonds. The Morgan fingerprint density at radius 3 is 2.26 bits per heavy atom. The number of aliphatic hydroxyl groups excluding tert-OH is 1. The van der Waals surface area contributed by atoms with E-state index < -0.39 is 30.1 Å². The number of aliphatic hydroxyl groups is 1. The summed E-state index contributed by atoms with van der Waals surface area (Å²) in [5, 5.41) is 20.5. The summed E-state index contributed by atoms with van der Waals surface area (Å²) in [6.07, 6.45) is -2.11. The molecule has 0 spiro atoms. The van der Waals surface area contributed by atoms with Gasteiger partial charge in [0.1, 0.15) is 0 Å². The molecule has 1 aromatic carbocycles. The second kappa shape index (κ2) is 6.86. The Bertz CT molecular complexity index is 432. The van der Waals surface area contributed by atoms with Crippen molar-refractivity contribution in [2.45, 2.75) is 25.2 Å². The molecule has 3 atom stereocenters. The molecule has 0 aliphatic heterocycles. The molecule has 0 heterocycles. The van der Waals surface area contributed by atoms with E-state index in [4.69, 9.17) is 9.84 Å². The van der Waals surface area contributed by atoms with Gasteiger partial charge in [-0.3, -0.25) is 4.79 Å². The van der Waals surface area contributed by atoms with Crippen LogP contribution in [-0.4, -0.2) is 41.3 Å². The molecule has 1 rings (SSSR count). The van der Waals surface area contributed by atoms with Gasteiger partial charge in [0.2, 0.25) is 0 Å². The number of ether oxygens (including phenoxy) is 1. The molecule has 0 saturated heterocycles. The second-order valence-corrected chi connectivity index (χ2v) is 4.09. The van der Waals surface area contributed by atoms with Gasteiger partial charge in [-0.15, -0.1) is 0 Å². The first kappa shape index (κ1) is 15.1. The average molecular weight is 267 g/mol. The van der Waals surface area contributed by atoms with Gasteiger partial charge in [-0.1, -0.05) is 30.3 Å². The van der Waals surface area contributed by atoms with Gasteiger partial charge in [-0.25, -0.2) is 4.79 Å². The van der Waals surface area contributed by atoms with Gasteiger partial charge in [-0.2, -0.15) is 0 Å². The van der Waals surface area contributed by atoms with Gasteiger partial charge in [0, 0.05) is 7.11 Å². The van der Waals surface area contributed by atoms with Gasteiger partial charge < -0.3 is 20.3 Å². The van der Waals surface area contributed by atoms with E-state index in [0.717, 1.165) is 0 Å². The first-order valence-corrected chi connectivity index (χ1v) is 5.76. The van der Waals surface area contributed by atoms with Crippen LogP contribution < -0.4 is 5.32 Å². The number of rotatable bonds is 6. The number of hydrogen-bond acceptors (Lipinski definition) is 4. The molecule has 104 valence electrons. The zero-order valence-corrected chi connectivity index (χ0v) is 10.7. The largest absolute Gasteiger partial charge is 0.480 e. The summed E-state index contributed by atoms with van der Waals surface area (Å²) in [4.78, 5) is 22.9. The summed E-state index contributed by atoms with van der Waals surface area (Å²) < 4.78 is 5.07. The van der Waals surface area contributed by atoms with Gasteiger partial charge in [0.15, 0.2) is 12.1 Å². The van der Waals surface area contributed by atoms with Crippen LogP contribution in [0.2, 0.25) is 0 Å². The number of nitrogens with one attached hydrogen (secondary N) is 1. The van der Waals surface area contributed by atoms with E-state index in [1.807, 2.05) is 0 Å². The van der Waals surface area contributed by atoms with Crippen LogP contribution in [0.5, 0.6) is 0 Å². The lowest BCUT2D eigenvalue weighted by Crippen LogP contribution is -2.49. The van der Waals surface area contributed by atoms with Crippen LogP contribution in [-0.2, 0) is 14.3 Å². The number of benzene rings is 1. The normalized spacial score (nSPS) is 15.3. The molecule has 1 unspecified atom stereocenters. The van der Waals surface area contributed by atoms with Crippen LogP contribution >= 0.6 is 0 Å². The van der Waals surface area contributed by atoms with E-state index >= 15 is 0 Å². The number of hydrogen-bond donors (Lipinski definition) is 3. The van der Waals surface area contributed by atoms with E-state index in [-0.39, 0.29) is 0 Å². The summed E-state index contributed by atoms with van der Waals surface area (Å²) >= 11 is 0. The predicted molar refractivity (Wildman–Crippen MR) is 67.4 cm³/mol. The van der Waals surface area contributed by atoms with Crippen molar-refractivity contribution in [2.24, 2.45) is 0 Å². The van der Waals surface area contributed by atoms with Crippen molar-refractivity contribution in [2.75, 3.05) is 7.11 Å². The molecule has 1 aromatic rings. The van der Waals surface area contributed by atoms with Crippen LogP contribution in [0.1, 0.15) is 18.6 Å². The third-order valence-corrected chi connectivity index (χ3v) is 2.62. The Kier molecular flexibility index (Phi) is 5.47. The zero-order chi connectivity index (χ0) is 14.4. The minimum atomic E-state index is -1.37. The van der Waals surface area contributed by atoms with Gasteiger partial charge in [0.05, 0.1) is 6.10 Å². The standard InChI is InChI=1S/C13H17NO5/c1-8(15)10(13(17)18)14-12(16)11(19-2)9-6-4-3-5-7-9/h3-8,10-11,15H,1-2H3,(H,14,16)(H,17,18)/t8-,10+,11?/m1/s1. The van der Waals surface area contributed by atoms with Gasteiger partial charge in [0.25, 0.3) is 5.91 Å². The van der Waals surface area contributed by atoms with Crippen molar-refractivity contribution in [3.63, 3.8) is 0 Å². The Morgan fingerprint density at radius 1 is 1.26 bits per heavy atom. The van der Waals surface area contributed by atoms with Crippen molar-refractivity contribution in [1.82, 2.24) is 5.32 Å². The molecule has 0 radical (unpaired) electrons. The maximum atomic E-state index is 12.0. The van der Waals surface area contributed by atoms with E-state index in [1.165, 1.54) is 14.0 Å². The highest BCUT2D eigenvalue weighted by Crippen LogP contribution is 2.16. The van der Waals surface area contributed by atoms with Crippen molar-refractivity contribution < 1.29 is 24.5 Å². The summed E-state index contributed by atoms with van der Waals surface area (Å²) in [6, 6.07) is 7.33. The number of carbonyl (C=O) groups is 2. The quantitative estimate of drug-likeness (QED) is 0.690. The molecule has 0 aliphatic carbocycles. The highest BCUT2D eigenvalue weighted by Gasteiger charge is 2.29. The minimum absolute atomic E-state index is 0.609. The number of carbonyl (C=O) groups excluding carboxylic acids is 1. The first-order valence-electron chi connectivity index (χ1n) is 5.76. The second-order valence-electron chi connectivity index (χ2n) is 4.09. The monoisotopic (exact) mass is 267 g/mol. The number of carboxylic acid groups (broad SMARTS) is 1. The Morgan fingerprint density at radius 2 is 1.84 bits per heavy atom. The smallest absolute Gasteiger partial charge is 0.328 e. The van der Waals surface area contributed by atoms with Crippen molar-refractivity contribution in [3.05, 3.63) is 35.9 Å². The Hall–Kier alpha value is -1.92. The summed E-state index contributed by atoms with van der Waals surface area (Å²) in [7, 11) is 1.36. The number of carboxylic acids is 1. The van der Waals surface area contributed by atoms with Crippen molar-refractivity contribution in [3.8, 4) is 0 Å². The highest BCUT2D eigenvalue weighted by molar-refractivity contribution is 5.87. The summed E-state index contributed by atoms with van der Waals surface area (Å²) in [5.74, 6) is -1.91. The summed E-state index contributed by atoms with van der Waals surface area (Å²) in [6.45, 7) is 1.30. The third-order valence-electron chi connectivity index (χ3n) is 2.62. The number of aliphatic carboxylic acids is 1. The molecular formula is C13H17NO5. The Labute approximate surface area is 111 Å². The minimum Gasteiger partial charge on any atom is -0.480 e. The molecule has 19 heavy (non-hydrogen) atoms. The van der Waals surface area contributed by atoms with Crippen LogP contribution in [0.3, 0.4) is 0 Å². The Balaban J connectivity index is 2.83. The lowest BCUT2D eigenvalue weighted by Gasteiger charge is -2.21. The molecular weight excluding hydrogens is 250 g/mol. The first-order chi connectivity index (χ1) is 8.97. The molecule has 0 aliphatic rings. The zero-order valence-electron chi connectivity index (χ0n) is 10.7. The fourth-order valence-electron chi connectivity index (χ4n) is 1.64. The van der Waals surface area contributed by atoms with E-state index in [0.29, 0.717) is 5.56 Å². The molecule has 0 aromatic heterocycles. The van der Waals surface area contributed by atoms with Gasteiger partial charge in [-0.05, 0) is 12.5 Å². The van der Waals surface area contributed by atoms with E-state index in [9.17, 15) is 14.7 Å². The van der Waals surface area contributed by atoms with Crippen molar-refractivity contribution in [1.29, 1.82) is 0 Å². The molecule has 3 N–H and O–H groups in total. The predicted octanol–water partition coefficient (Wildman–Crippen LogP) is 0.324. The molecule has 0 bridgehead atoms. The van der Waals surface area contributed by atoms with Crippen LogP contribution in [0.4, 0.5) is 0 Å². The van der Waals surface area contributed by atoms with Crippen LogP contribution in [0, 0.1) is 0 Å². The summed E-state index contributed by atoms with van der Waals surface area (Å²) in [5.41, 5.74) is 0.609. The number of methoxy groups -OCH3 is 1. The third kappa shape index (κ3) is 4.04. The fraction of sp³-hybridized carbons (Fsp3) is 0.385. The highest BCUT2D eigenvalue weighted by atomic mass is 16.5.